The first-order valence-corrected chi connectivity index (χ1v) is 3.55. The summed E-state index contributed by atoms with van der Waals surface area (Å²) in [4.78, 5) is 6.15. The average Bonchev–Trinajstić information content (AvgIpc) is 2.05. The van der Waals surface area contributed by atoms with E-state index in [1.807, 2.05) is 38.2 Å². The maximum atomic E-state index is 4.17. The van der Waals surface area contributed by atoms with Crippen LogP contribution in [0.1, 0.15) is 0 Å². The number of nitrogens with zero attached hydrogens (tertiary/aromatic N) is 2. The van der Waals surface area contributed by atoms with Crippen LogP contribution in [0.25, 0.3) is 0 Å². The molecule has 1 rings (SSSR count). The van der Waals surface area contributed by atoms with Crippen LogP contribution in [-0.4, -0.2) is 26.1 Å². The summed E-state index contributed by atoms with van der Waals surface area (Å²) in [6.45, 7) is 0. The molecule has 3 heteroatoms. The number of hydrogen-bond acceptors (Lipinski definition) is 3. The SMILES string of the molecule is CNc1ccnc(N(C)C)c1. The predicted molar refractivity (Wildman–Crippen MR) is 48.1 cm³/mol. The second kappa shape index (κ2) is 3.23. The lowest BCUT2D eigenvalue weighted by molar-refractivity contribution is 1.07. The van der Waals surface area contributed by atoms with Crippen LogP contribution in [0.2, 0.25) is 0 Å². The molecule has 0 saturated carbocycles. The lowest BCUT2D eigenvalue weighted by Gasteiger charge is -2.11. The molecule has 0 atom stereocenters. The van der Waals surface area contributed by atoms with E-state index in [1.54, 1.807) is 6.20 Å². The van der Waals surface area contributed by atoms with Crippen molar-refractivity contribution in [2.45, 2.75) is 0 Å². The second-order valence-electron chi connectivity index (χ2n) is 2.55. The zero-order valence-corrected chi connectivity index (χ0v) is 7.13. The van der Waals surface area contributed by atoms with E-state index in [-0.39, 0.29) is 0 Å². The van der Waals surface area contributed by atoms with E-state index in [2.05, 4.69) is 10.3 Å². The van der Waals surface area contributed by atoms with E-state index in [0.29, 0.717) is 0 Å². The van der Waals surface area contributed by atoms with E-state index < -0.39 is 0 Å². The molecule has 0 radical (unpaired) electrons. The van der Waals surface area contributed by atoms with Crippen LogP contribution in [0.5, 0.6) is 0 Å². The van der Waals surface area contributed by atoms with Gasteiger partial charge in [-0.2, -0.15) is 0 Å². The molecule has 1 aromatic rings. The van der Waals surface area contributed by atoms with Gasteiger partial charge in [-0.15, -0.1) is 0 Å². The number of anilines is 2. The van der Waals surface area contributed by atoms with Gasteiger partial charge in [-0.3, -0.25) is 0 Å². The van der Waals surface area contributed by atoms with Gasteiger partial charge in [-0.25, -0.2) is 4.98 Å². The van der Waals surface area contributed by atoms with Crippen molar-refractivity contribution in [1.29, 1.82) is 0 Å². The Bertz CT molecular complexity index is 233. The third-order valence-electron chi connectivity index (χ3n) is 1.49. The molecule has 0 amide bonds. The molecule has 0 aliphatic rings. The third-order valence-corrected chi connectivity index (χ3v) is 1.49. The summed E-state index contributed by atoms with van der Waals surface area (Å²) >= 11 is 0. The molecule has 0 bridgehead atoms. The minimum atomic E-state index is 0.969. The molecule has 1 aromatic heterocycles. The molecule has 1 heterocycles. The molecule has 0 aliphatic carbocycles. The number of nitrogens with one attached hydrogen (secondary N) is 1. The highest BCUT2D eigenvalue weighted by atomic mass is 15.1. The number of hydrogen-bond donors (Lipinski definition) is 1. The highest BCUT2D eigenvalue weighted by Gasteiger charge is 1.95. The standard InChI is InChI=1S/C8H13N3/c1-9-7-4-5-10-8(6-7)11(2)3/h4-6H,1-3H3,(H,9,10). The van der Waals surface area contributed by atoms with Gasteiger partial charge in [-0.05, 0) is 6.07 Å². The summed E-state index contributed by atoms with van der Waals surface area (Å²) in [5.41, 5.74) is 1.09. The Morgan fingerprint density at radius 2 is 2.18 bits per heavy atom. The van der Waals surface area contributed by atoms with Crippen molar-refractivity contribution in [3.63, 3.8) is 0 Å². The zero-order valence-electron chi connectivity index (χ0n) is 7.13. The smallest absolute Gasteiger partial charge is 0.130 e. The molecule has 60 valence electrons. The van der Waals surface area contributed by atoms with E-state index >= 15 is 0 Å². The van der Waals surface area contributed by atoms with Crippen molar-refractivity contribution in [1.82, 2.24) is 4.98 Å². The fourth-order valence-electron chi connectivity index (χ4n) is 0.818. The van der Waals surface area contributed by atoms with Gasteiger partial charge < -0.3 is 10.2 Å². The molecule has 0 unspecified atom stereocenters. The van der Waals surface area contributed by atoms with E-state index in [9.17, 15) is 0 Å². The highest BCUT2D eigenvalue weighted by Crippen LogP contribution is 2.12. The van der Waals surface area contributed by atoms with Crippen LogP contribution in [0.3, 0.4) is 0 Å². The lowest BCUT2D eigenvalue weighted by Crippen LogP contribution is -2.10. The molecule has 0 aliphatic heterocycles. The van der Waals surface area contributed by atoms with Gasteiger partial charge in [0, 0.05) is 39.1 Å². The van der Waals surface area contributed by atoms with Crippen molar-refractivity contribution < 1.29 is 0 Å². The van der Waals surface area contributed by atoms with Gasteiger partial charge in [0.1, 0.15) is 5.82 Å². The fraction of sp³-hybridized carbons (Fsp3) is 0.375. The van der Waals surface area contributed by atoms with Crippen molar-refractivity contribution in [2.75, 3.05) is 31.4 Å². The number of aromatic nitrogens is 1. The van der Waals surface area contributed by atoms with E-state index in [0.717, 1.165) is 11.5 Å². The summed E-state index contributed by atoms with van der Waals surface area (Å²) in [5.74, 6) is 0.969. The maximum Gasteiger partial charge on any atom is 0.130 e. The van der Waals surface area contributed by atoms with Crippen LogP contribution in [0.4, 0.5) is 11.5 Å². The van der Waals surface area contributed by atoms with E-state index in [1.165, 1.54) is 0 Å². The summed E-state index contributed by atoms with van der Waals surface area (Å²) < 4.78 is 0. The molecule has 0 aromatic carbocycles. The molecule has 11 heavy (non-hydrogen) atoms. The summed E-state index contributed by atoms with van der Waals surface area (Å²) in [6, 6.07) is 3.94. The molecule has 3 nitrogen and oxygen atoms in total. The average molecular weight is 151 g/mol. The lowest BCUT2D eigenvalue weighted by atomic mass is 10.4. The zero-order chi connectivity index (χ0) is 8.27. The second-order valence-corrected chi connectivity index (χ2v) is 2.55. The highest BCUT2D eigenvalue weighted by molar-refractivity contribution is 5.51. The van der Waals surface area contributed by atoms with E-state index in [4.69, 9.17) is 0 Å². The minimum Gasteiger partial charge on any atom is -0.388 e. The van der Waals surface area contributed by atoms with Crippen molar-refractivity contribution >= 4 is 11.5 Å². The molecular formula is C8H13N3. The van der Waals surface area contributed by atoms with Gasteiger partial charge in [0.2, 0.25) is 0 Å². The van der Waals surface area contributed by atoms with Crippen LogP contribution in [0, 0.1) is 0 Å². The monoisotopic (exact) mass is 151 g/mol. The van der Waals surface area contributed by atoms with Crippen molar-refractivity contribution in [3.8, 4) is 0 Å². The Morgan fingerprint density at radius 3 is 2.73 bits per heavy atom. The van der Waals surface area contributed by atoms with Gasteiger partial charge in [0.05, 0.1) is 0 Å². The van der Waals surface area contributed by atoms with Gasteiger partial charge in [0.15, 0.2) is 0 Å². The summed E-state index contributed by atoms with van der Waals surface area (Å²) in [7, 11) is 5.85. The fourth-order valence-corrected chi connectivity index (χ4v) is 0.818. The molecule has 0 saturated heterocycles. The van der Waals surface area contributed by atoms with Crippen LogP contribution in [-0.2, 0) is 0 Å². The van der Waals surface area contributed by atoms with Crippen LogP contribution in [0.15, 0.2) is 18.3 Å². The van der Waals surface area contributed by atoms with Crippen LogP contribution >= 0.6 is 0 Å². The summed E-state index contributed by atoms with van der Waals surface area (Å²) in [5, 5.41) is 3.06. The molecule has 0 spiro atoms. The van der Waals surface area contributed by atoms with Gasteiger partial charge in [-0.1, -0.05) is 0 Å². The van der Waals surface area contributed by atoms with Crippen molar-refractivity contribution in [2.24, 2.45) is 0 Å². The molecule has 1 N–H and O–H groups in total. The Morgan fingerprint density at radius 1 is 1.45 bits per heavy atom. The number of rotatable bonds is 2. The summed E-state index contributed by atoms with van der Waals surface area (Å²) in [6.07, 6.45) is 1.79. The minimum absolute atomic E-state index is 0.969. The predicted octanol–water partition coefficient (Wildman–Crippen LogP) is 1.19. The molecule has 0 fully saturated rings. The Labute approximate surface area is 67.1 Å². The normalized spacial score (nSPS) is 9.36. The Balaban J connectivity index is 2.91. The van der Waals surface area contributed by atoms with Gasteiger partial charge in [0.25, 0.3) is 0 Å². The first-order valence-electron chi connectivity index (χ1n) is 3.55. The first kappa shape index (κ1) is 7.85. The largest absolute Gasteiger partial charge is 0.388 e. The Kier molecular flexibility index (Phi) is 2.31. The third kappa shape index (κ3) is 1.83. The molecular weight excluding hydrogens is 138 g/mol. The van der Waals surface area contributed by atoms with Gasteiger partial charge >= 0.3 is 0 Å². The Hall–Kier alpha value is -1.25. The number of pyridine rings is 1. The topological polar surface area (TPSA) is 28.2 Å². The maximum absolute atomic E-state index is 4.17. The quantitative estimate of drug-likeness (QED) is 0.688. The van der Waals surface area contributed by atoms with Crippen LogP contribution < -0.4 is 10.2 Å². The first-order chi connectivity index (χ1) is 5.24. The van der Waals surface area contributed by atoms with Crippen molar-refractivity contribution in [3.05, 3.63) is 18.3 Å².